The highest BCUT2D eigenvalue weighted by Crippen LogP contribution is 2.35. The van der Waals surface area contributed by atoms with Crippen molar-refractivity contribution in [2.75, 3.05) is 6.61 Å². The van der Waals surface area contributed by atoms with Gasteiger partial charge >= 0.3 is 6.01 Å². The van der Waals surface area contributed by atoms with E-state index in [-0.39, 0.29) is 0 Å². The molecule has 0 spiro atoms. The van der Waals surface area contributed by atoms with E-state index in [1.54, 1.807) is 6.92 Å². The minimum atomic E-state index is 0.386. The van der Waals surface area contributed by atoms with Gasteiger partial charge in [-0.25, -0.2) is 0 Å². The van der Waals surface area contributed by atoms with Crippen LogP contribution in [0.1, 0.15) is 43.5 Å². The number of rotatable bonds is 3. The third-order valence-corrected chi connectivity index (χ3v) is 3.44. The molecule has 1 aromatic heterocycles. The molecule has 0 amide bonds. The first kappa shape index (κ1) is 10.4. The van der Waals surface area contributed by atoms with Gasteiger partial charge in [-0.3, -0.25) is 0 Å². The van der Waals surface area contributed by atoms with Crippen LogP contribution < -0.4 is 4.74 Å². The molecule has 0 N–H and O–H groups in total. The molecule has 0 saturated heterocycles. The second kappa shape index (κ2) is 5.13. The zero-order chi connectivity index (χ0) is 10.5. The highest BCUT2D eigenvalue weighted by atomic mass is 32.1. The molecule has 15 heavy (non-hydrogen) atoms. The lowest BCUT2D eigenvalue weighted by atomic mass is 10.1. The molecule has 0 bridgehead atoms. The predicted molar refractivity (Wildman–Crippen MR) is 60.1 cm³/mol. The summed E-state index contributed by atoms with van der Waals surface area (Å²) in [5.41, 5.74) is 0. The summed E-state index contributed by atoms with van der Waals surface area (Å²) < 4.78 is 9.47. The van der Waals surface area contributed by atoms with E-state index in [4.69, 9.17) is 4.74 Å². The first-order valence-electron chi connectivity index (χ1n) is 5.26. The van der Waals surface area contributed by atoms with Gasteiger partial charge in [0, 0.05) is 5.92 Å². The van der Waals surface area contributed by atoms with Gasteiger partial charge in [-0.1, -0.05) is 18.8 Å². The van der Waals surface area contributed by atoms with Gasteiger partial charge in [0.25, 0.3) is 0 Å². The average Bonchev–Trinajstić information content (AvgIpc) is 2.87. The minimum absolute atomic E-state index is 0.386. The van der Waals surface area contributed by atoms with Crippen LogP contribution in [0.2, 0.25) is 0 Å². The fraction of sp³-hybridized carbons (Fsp3) is 0.636. The van der Waals surface area contributed by atoms with Crippen LogP contribution in [0.3, 0.4) is 0 Å². The van der Waals surface area contributed by atoms with Crippen molar-refractivity contribution in [1.29, 1.82) is 0 Å². The van der Waals surface area contributed by atoms with Crippen molar-refractivity contribution in [3.63, 3.8) is 0 Å². The largest absolute Gasteiger partial charge is 0.450 e. The summed E-state index contributed by atoms with van der Waals surface area (Å²) in [7, 11) is 0. The molecule has 2 rings (SSSR count). The predicted octanol–water partition coefficient (Wildman–Crippen LogP) is 2.60. The van der Waals surface area contributed by atoms with E-state index >= 15 is 0 Å². The highest BCUT2D eigenvalue weighted by molar-refractivity contribution is 7.05. The molecule has 3 nitrogen and oxygen atoms in total. The molecule has 0 aromatic carbocycles. The summed E-state index contributed by atoms with van der Waals surface area (Å²) in [6, 6.07) is 0.490. The van der Waals surface area contributed by atoms with Gasteiger partial charge in [0.2, 0.25) is 0 Å². The molecule has 80 valence electrons. The van der Waals surface area contributed by atoms with Gasteiger partial charge in [-0.15, -0.1) is 10.3 Å². The number of hydrogen-bond donors (Lipinski definition) is 0. The molecule has 4 heteroatoms. The highest BCUT2D eigenvalue weighted by Gasteiger charge is 2.21. The van der Waals surface area contributed by atoms with Crippen LogP contribution in [0.15, 0.2) is 0 Å². The van der Waals surface area contributed by atoms with Crippen molar-refractivity contribution in [2.45, 2.75) is 38.5 Å². The van der Waals surface area contributed by atoms with Gasteiger partial charge < -0.3 is 4.74 Å². The van der Waals surface area contributed by atoms with Crippen LogP contribution >= 0.6 is 11.5 Å². The van der Waals surface area contributed by atoms with E-state index in [2.05, 4.69) is 21.2 Å². The smallest absolute Gasteiger partial charge is 0.329 e. The van der Waals surface area contributed by atoms with Gasteiger partial charge in [-0.2, -0.15) is 4.98 Å². The van der Waals surface area contributed by atoms with E-state index in [1.165, 1.54) is 37.2 Å². The van der Waals surface area contributed by atoms with E-state index in [1.807, 2.05) is 0 Å². The zero-order valence-corrected chi connectivity index (χ0v) is 9.64. The van der Waals surface area contributed by atoms with Crippen LogP contribution in [0.4, 0.5) is 0 Å². The fourth-order valence-corrected chi connectivity index (χ4v) is 2.56. The van der Waals surface area contributed by atoms with Gasteiger partial charge in [0.15, 0.2) is 6.61 Å². The van der Waals surface area contributed by atoms with Gasteiger partial charge in [0.05, 0.1) is 0 Å². The van der Waals surface area contributed by atoms with Crippen LogP contribution in [0.5, 0.6) is 6.01 Å². The molecular formula is C11H14N2OS. The molecule has 1 aromatic rings. The summed E-state index contributed by atoms with van der Waals surface area (Å²) >= 11 is 1.47. The summed E-state index contributed by atoms with van der Waals surface area (Å²) in [4.78, 5) is 4.38. The maximum atomic E-state index is 5.30. The SMILES string of the molecule is CC#CCOc1nsc(C2CCCC2)n1. The third-order valence-electron chi connectivity index (χ3n) is 2.58. The Bertz CT molecular complexity index is 371. The monoisotopic (exact) mass is 222 g/mol. The first-order valence-corrected chi connectivity index (χ1v) is 6.03. The minimum Gasteiger partial charge on any atom is -0.450 e. The Morgan fingerprint density at radius 3 is 3.00 bits per heavy atom. The number of nitrogens with zero attached hydrogens (tertiary/aromatic N) is 2. The Hall–Kier alpha value is -1.08. The molecule has 1 fully saturated rings. The molecule has 1 saturated carbocycles. The van der Waals surface area contributed by atoms with Crippen molar-refractivity contribution in [2.24, 2.45) is 0 Å². The molecular weight excluding hydrogens is 208 g/mol. The van der Waals surface area contributed by atoms with Crippen LogP contribution in [-0.4, -0.2) is 16.0 Å². The van der Waals surface area contributed by atoms with Crippen molar-refractivity contribution in [3.05, 3.63) is 5.01 Å². The number of ether oxygens (including phenoxy) is 1. The molecule has 0 aliphatic heterocycles. The normalized spacial score (nSPS) is 16.1. The maximum absolute atomic E-state index is 5.30. The van der Waals surface area contributed by atoms with Gasteiger partial charge in [0.1, 0.15) is 5.01 Å². The first-order chi connectivity index (χ1) is 7.40. The van der Waals surface area contributed by atoms with Gasteiger partial charge in [-0.05, 0) is 31.3 Å². The quantitative estimate of drug-likeness (QED) is 0.737. The van der Waals surface area contributed by atoms with E-state index in [0.29, 0.717) is 18.5 Å². The van der Waals surface area contributed by atoms with Crippen LogP contribution in [0.25, 0.3) is 0 Å². The molecule has 0 atom stereocenters. The molecule has 1 aliphatic rings. The van der Waals surface area contributed by atoms with E-state index < -0.39 is 0 Å². The molecule has 0 unspecified atom stereocenters. The Kier molecular flexibility index (Phi) is 3.57. The second-order valence-corrected chi connectivity index (χ2v) is 4.40. The van der Waals surface area contributed by atoms with E-state index in [9.17, 15) is 0 Å². The summed E-state index contributed by atoms with van der Waals surface area (Å²) in [5, 5.41) is 1.13. The zero-order valence-electron chi connectivity index (χ0n) is 8.82. The summed E-state index contributed by atoms with van der Waals surface area (Å²) in [6.07, 6.45) is 5.15. The Balaban J connectivity index is 1.93. The number of aromatic nitrogens is 2. The maximum Gasteiger partial charge on any atom is 0.329 e. The molecule has 1 aliphatic carbocycles. The van der Waals surface area contributed by atoms with Crippen molar-refractivity contribution in [3.8, 4) is 17.9 Å². The van der Waals surface area contributed by atoms with Crippen LogP contribution in [0, 0.1) is 11.8 Å². The van der Waals surface area contributed by atoms with E-state index in [0.717, 1.165) is 5.01 Å². The Morgan fingerprint density at radius 2 is 2.27 bits per heavy atom. The Morgan fingerprint density at radius 1 is 1.47 bits per heavy atom. The summed E-state index contributed by atoms with van der Waals surface area (Å²) in [6.45, 7) is 2.18. The third kappa shape index (κ3) is 2.69. The summed E-state index contributed by atoms with van der Waals surface area (Å²) in [5.74, 6) is 6.22. The van der Waals surface area contributed by atoms with Crippen molar-refractivity contribution >= 4 is 11.5 Å². The standard InChI is InChI=1S/C11H14N2OS/c1-2-3-8-14-11-12-10(15-13-11)9-6-4-5-7-9/h9H,4-8H2,1H3. The lowest BCUT2D eigenvalue weighted by molar-refractivity contribution is 0.343. The van der Waals surface area contributed by atoms with Crippen molar-refractivity contribution in [1.82, 2.24) is 9.36 Å². The van der Waals surface area contributed by atoms with Crippen LogP contribution in [-0.2, 0) is 0 Å². The Labute approximate surface area is 94.0 Å². The average molecular weight is 222 g/mol. The number of hydrogen-bond acceptors (Lipinski definition) is 4. The lowest BCUT2D eigenvalue weighted by Crippen LogP contribution is -1.96. The molecule has 1 heterocycles. The topological polar surface area (TPSA) is 35.0 Å². The second-order valence-electron chi connectivity index (χ2n) is 3.61. The lowest BCUT2D eigenvalue weighted by Gasteiger charge is -2.00. The van der Waals surface area contributed by atoms with Crippen molar-refractivity contribution < 1.29 is 4.74 Å². The fourth-order valence-electron chi connectivity index (χ4n) is 1.79. The molecule has 0 radical (unpaired) electrons.